The summed E-state index contributed by atoms with van der Waals surface area (Å²) in [4.78, 5) is 0. The molecule has 1 saturated heterocycles. The minimum Gasteiger partial charge on any atom is -0.375 e. The zero-order chi connectivity index (χ0) is 9.95. The summed E-state index contributed by atoms with van der Waals surface area (Å²) in [6.07, 6.45) is 4.95. The second-order valence-corrected chi connectivity index (χ2v) is 5.30. The molecule has 0 bridgehead atoms. The van der Waals surface area contributed by atoms with E-state index in [0.717, 1.165) is 12.4 Å². The second kappa shape index (κ2) is 4.22. The van der Waals surface area contributed by atoms with Crippen molar-refractivity contribution in [2.75, 3.05) is 12.4 Å². The molecule has 0 aliphatic carbocycles. The third-order valence-corrected chi connectivity index (χ3v) is 3.99. The molecule has 0 radical (unpaired) electrons. The highest BCUT2D eigenvalue weighted by atomic mass is 32.1. The Morgan fingerprint density at radius 1 is 1.31 bits per heavy atom. The molecular formula is C11H22OS. The van der Waals surface area contributed by atoms with E-state index in [1.165, 1.54) is 25.7 Å². The van der Waals surface area contributed by atoms with Crippen LogP contribution in [0.25, 0.3) is 0 Å². The molecule has 1 fully saturated rings. The minimum absolute atomic E-state index is 0.0498. The van der Waals surface area contributed by atoms with E-state index in [9.17, 15) is 0 Å². The van der Waals surface area contributed by atoms with Crippen LogP contribution in [0, 0.1) is 5.41 Å². The molecule has 1 heterocycles. The van der Waals surface area contributed by atoms with Crippen molar-refractivity contribution in [1.29, 1.82) is 0 Å². The molecule has 0 aromatic carbocycles. The number of thiol groups is 1. The fraction of sp³-hybridized carbons (Fsp3) is 1.00. The molecule has 0 aromatic rings. The molecule has 0 spiro atoms. The fourth-order valence-corrected chi connectivity index (χ4v) is 2.32. The SMILES string of the molecule is CC1(CCCS)CCCOC1(C)C. The molecule has 78 valence electrons. The molecule has 0 N–H and O–H groups in total. The molecule has 1 aliphatic rings. The van der Waals surface area contributed by atoms with Gasteiger partial charge in [0.25, 0.3) is 0 Å². The van der Waals surface area contributed by atoms with Crippen molar-refractivity contribution in [2.45, 2.75) is 52.1 Å². The van der Waals surface area contributed by atoms with Gasteiger partial charge in [0.05, 0.1) is 5.60 Å². The van der Waals surface area contributed by atoms with E-state index in [1.807, 2.05) is 0 Å². The molecule has 1 atom stereocenters. The Hall–Kier alpha value is 0.310. The van der Waals surface area contributed by atoms with Gasteiger partial charge in [-0.2, -0.15) is 12.6 Å². The quantitative estimate of drug-likeness (QED) is 0.691. The van der Waals surface area contributed by atoms with Gasteiger partial charge >= 0.3 is 0 Å². The molecule has 0 saturated carbocycles. The van der Waals surface area contributed by atoms with Crippen molar-refractivity contribution in [3.05, 3.63) is 0 Å². The van der Waals surface area contributed by atoms with Crippen molar-refractivity contribution >= 4 is 12.6 Å². The van der Waals surface area contributed by atoms with Crippen LogP contribution in [0.1, 0.15) is 46.5 Å². The van der Waals surface area contributed by atoms with Gasteiger partial charge in [0.15, 0.2) is 0 Å². The zero-order valence-electron chi connectivity index (χ0n) is 9.10. The third-order valence-electron chi connectivity index (χ3n) is 3.68. The summed E-state index contributed by atoms with van der Waals surface area (Å²) in [6.45, 7) is 7.74. The summed E-state index contributed by atoms with van der Waals surface area (Å²) >= 11 is 4.27. The predicted octanol–water partition coefficient (Wildman–Crippen LogP) is 3.29. The van der Waals surface area contributed by atoms with E-state index in [-0.39, 0.29) is 5.60 Å². The van der Waals surface area contributed by atoms with E-state index in [0.29, 0.717) is 5.41 Å². The van der Waals surface area contributed by atoms with Gasteiger partial charge in [0, 0.05) is 6.61 Å². The minimum atomic E-state index is 0.0498. The van der Waals surface area contributed by atoms with Gasteiger partial charge in [0.1, 0.15) is 0 Å². The Bertz CT molecular complexity index is 167. The first-order valence-electron chi connectivity index (χ1n) is 5.27. The molecule has 1 rings (SSSR count). The van der Waals surface area contributed by atoms with Gasteiger partial charge in [-0.3, -0.25) is 0 Å². The zero-order valence-corrected chi connectivity index (χ0v) is 9.99. The first-order chi connectivity index (χ1) is 6.02. The average molecular weight is 202 g/mol. The lowest BCUT2D eigenvalue weighted by atomic mass is 9.68. The van der Waals surface area contributed by atoms with Crippen LogP contribution in [0.2, 0.25) is 0 Å². The Labute approximate surface area is 87.7 Å². The highest BCUT2D eigenvalue weighted by Crippen LogP contribution is 2.45. The highest BCUT2D eigenvalue weighted by Gasteiger charge is 2.43. The fourth-order valence-electron chi connectivity index (χ4n) is 2.16. The summed E-state index contributed by atoms with van der Waals surface area (Å²) in [5.74, 6) is 0.992. The summed E-state index contributed by atoms with van der Waals surface area (Å²) in [7, 11) is 0. The van der Waals surface area contributed by atoms with Crippen molar-refractivity contribution in [3.8, 4) is 0 Å². The van der Waals surface area contributed by atoms with E-state index in [1.54, 1.807) is 0 Å². The summed E-state index contributed by atoms with van der Waals surface area (Å²) < 4.78 is 5.85. The lowest BCUT2D eigenvalue weighted by molar-refractivity contribution is -0.144. The van der Waals surface area contributed by atoms with Crippen molar-refractivity contribution in [1.82, 2.24) is 0 Å². The third kappa shape index (κ3) is 2.41. The van der Waals surface area contributed by atoms with Gasteiger partial charge in [-0.05, 0) is 50.7 Å². The van der Waals surface area contributed by atoms with Crippen LogP contribution >= 0.6 is 12.6 Å². The van der Waals surface area contributed by atoms with E-state index >= 15 is 0 Å². The first-order valence-corrected chi connectivity index (χ1v) is 5.90. The Balaban J connectivity index is 2.60. The maximum Gasteiger partial charge on any atom is 0.0679 e. The van der Waals surface area contributed by atoms with Gasteiger partial charge in [-0.1, -0.05) is 6.92 Å². The lowest BCUT2D eigenvalue weighted by Gasteiger charge is -2.48. The van der Waals surface area contributed by atoms with Crippen molar-refractivity contribution in [2.24, 2.45) is 5.41 Å². The topological polar surface area (TPSA) is 9.23 Å². The highest BCUT2D eigenvalue weighted by molar-refractivity contribution is 7.80. The molecule has 0 aromatic heterocycles. The summed E-state index contributed by atoms with van der Waals surface area (Å²) in [5.41, 5.74) is 0.405. The van der Waals surface area contributed by atoms with Gasteiger partial charge in [0.2, 0.25) is 0 Å². The summed E-state index contributed by atoms with van der Waals surface area (Å²) in [6, 6.07) is 0. The number of hydrogen-bond donors (Lipinski definition) is 1. The van der Waals surface area contributed by atoms with Crippen molar-refractivity contribution in [3.63, 3.8) is 0 Å². The largest absolute Gasteiger partial charge is 0.375 e. The molecule has 0 amide bonds. The lowest BCUT2D eigenvalue weighted by Crippen LogP contribution is -2.47. The van der Waals surface area contributed by atoms with E-state index in [4.69, 9.17) is 4.74 Å². The summed E-state index contributed by atoms with van der Waals surface area (Å²) in [5, 5.41) is 0. The smallest absolute Gasteiger partial charge is 0.0679 e. The number of rotatable bonds is 3. The first kappa shape index (κ1) is 11.4. The normalized spacial score (nSPS) is 33.2. The molecule has 13 heavy (non-hydrogen) atoms. The van der Waals surface area contributed by atoms with Crippen LogP contribution in [0.5, 0.6) is 0 Å². The standard InChI is InChI=1S/C11H22OS/c1-10(2)11(3,7-5-9-13)6-4-8-12-10/h13H,4-9H2,1-3H3. The molecule has 1 nitrogen and oxygen atoms in total. The van der Waals surface area contributed by atoms with E-state index < -0.39 is 0 Å². The predicted molar refractivity (Wildman–Crippen MR) is 60.5 cm³/mol. The number of hydrogen-bond acceptors (Lipinski definition) is 2. The van der Waals surface area contributed by atoms with Gasteiger partial charge < -0.3 is 4.74 Å². The van der Waals surface area contributed by atoms with Crippen LogP contribution in [0.15, 0.2) is 0 Å². The molecule has 1 unspecified atom stereocenters. The second-order valence-electron chi connectivity index (χ2n) is 4.85. The van der Waals surface area contributed by atoms with Crippen LogP contribution < -0.4 is 0 Å². The molecular weight excluding hydrogens is 180 g/mol. The van der Waals surface area contributed by atoms with Crippen LogP contribution in [0.4, 0.5) is 0 Å². The monoisotopic (exact) mass is 202 g/mol. The van der Waals surface area contributed by atoms with E-state index in [2.05, 4.69) is 33.4 Å². The van der Waals surface area contributed by atoms with Gasteiger partial charge in [-0.25, -0.2) is 0 Å². The Morgan fingerprint density at radius 2 is 2.00 bits per heavy atom. The number of ether oxygens (including phenoxy) is 1. The van der Waals surface area contributed by atoms with Crippen molar-refractivity contribution < 1.29 is 4.74 Å². The maximum absolute atomic E-state index is 5.85. The van der Waals surface area contributed by atoms with Crippen LogP contribution in [0.3, 0.4) is 0 Å². The molecule has 1 aliphatic heterocycles. The molecule has 2 heteroatoms. The van der Waals surface area contributed by atoms with Crippen LogP contribution in [-0.2, 0) is 4.74 Å². The Morgan fingerprint density at radius 3 is 2.54 bits per heavy atom. The van der Waals surface area contributed by atoms with Crippen LogP contribution in [-0.4, -0.2) is 18.0 Å². The van der Waals surface area contributed by atoms with Gasteiger partial charge in [-0.15, -0.1) is 0 Å². The maximum atomic E-state index is 5.85. The Kier molecular flexibility index (Phi) is 3.70. The average Bonchev–Trinajstić information content (AvgIpc) is 2.07.